The molecule has 90 valence electrons. The van der Waals surface area contributed by atoms with E-state index >= 15 is 0 Å². The van der Waals surface area contributed by atoms with Crippen molar-refractivity contribution in [3.8, 4) is 0 Å². The van der Waals surface area contributed by atoms with Crippen molar-refractivity contribution in [1.29, 1.82) is 0 Å². The van der Waals surface area contributed by atoms with Crippen LogP contribution in [0, 0.1) is 6.92 Å². The van der Waals surface area contributed by atoms with Crippen molar-refractivity contribution in [2.24, 2.45) is 0 Å². The molecular formula is C13H21NOS. The molecule has 0 aromatic carbocycles. The molecule has 3 heteroatoms. The van der Waals surface area contributed by atoms with Crippen molar-refractivity contribution in [2.45, 2.75) is 45.3 Å². The number of ether oxygens (including phenoxy) is 1. The van der Waals surface area contributed by atoms with E-state index in [1.165, 1.54) is 22.6 Å². The molecule has 0 saturated carbocycles. The van der Waals surface area contributed by atoms with Gasteiger partial charge in [-0.1, -0.05) is 6.92 Å². The topological polar surface area (TPSA) is 21.3 Å². The number of hydrogen-bond acceptors (Lipinski definition) is 3. The summed E-state index contributed by atoms with van der Waals surface area (Å²) in [7, 11) is 0. The summed E-state index contributed by atoms with van der Waals surface area (Å²) in [5.41, 5.74) is 0. The molecule has 1 N–H and O–H groups in total. The summed E-state index contributed by atoms with van der Waals surface area (Å²) >= 11 is 1.90. The Morgan fingerprint density at radius 2 is 2.44 bits per heavy atom. The first-order valence-corrected chi connectivity index (χ1v) is 7.02. The Bertz CT molecular complexity index is 317. The molecule has 1 saturated heterocycles. The SMILES string of the molecule is CCNC(CC1CCCO1)c1ccc(C)s1. The van der Waals surface area contributed by atoms with Crippen molar-refractivity contribution >= 4 is 11.3 Å². The average Bonchev–Trinajstić information content (AvgIpc) is 2.88. The van der Waals surface area contributed by atoms with Gasteiger partial charge in [-0.15, -0.1) is 11.3 Å². The van der Waals surface area contributed by atoms with Gasteiger partial charge in [-0.25, -0.2) is 0 Å². The second-order valence-electron chi connectivity index (χ2n) is 4.43. The number of hydrogen-bond donors (Lipinski definition) is 1. The smallest absolute Gasteiger partial charge is 0.0594 e. The molecule has 2 atom stereocenters. The molecule has 1 aliphatic heterocycles. The van der Waals surface area contributed by atoms with Crippen molar-refractivity contribution in [2.75, 3.05) is 13.2 Å². The van der Waals surface area contributed by atoms with E-state index < -0.39 is 0 Å². The van der Waals surface area contributed by atoms with Crippen molar-refractivity contribution in [3.63, 3.8) is 0 Å². The molecular weight excluding hydrogens is 218 g/mol. The lowest BCUT2D eigenvalue weighted by Crippen LogP contribution is -2.24. The third-order valence-corrected chi connectivity index (χ3v) is 4.19. The highest BCUT2D eigenvalue weighted by Crippen LogP contribution is 2.29. The molecule has 0 bridgehead atoms. The standard InChI is InChI=1S/C13H21NOS/c1-3-14-12(9-11-5-4-8-15-11)13-7-6-10(2)16-13/h6-7,11-12,14H,3-5,8-9H2,1-2H3. The quantitative estimate of drug-likeness (QED) is 0.851. The van der Waals surface area contributed by atoms with Crippen LogP contribution < -0.4 is 5.32 Å². The summed E-state index contributed by atoms with van der Waals surface area (Å²) < 4.78 is 5.72. The number of rotatable bonds is 5. The predicted molar refractivity (Wildman–Crippen MR) is 69.1 cm³/mol. The van der Waals surface area contributed by atoms with Gasteiger partial charge in [-0.05, 0) is 44.9 Å². The molecule has 1 aliphatic rings. The van der Waals surface area contributed by atoms with E-state index in [9.17, 15) is 0 Å². The van der Waals surface area contributed by atoms with E-state index in [4.69, 9.17) is 4.74 Å². The van der Waals surface area contributed by atoms with E-state index in [2.05, 4.69) is 31.3 Å². The van der Waals surface area contributed by atoms with E-state index in [-0.39, 0.29) is 0 Å². The highest BCUT2D eigenvalue weighted by Gasteiger charge is 2.22. The first-order valence-electron chi connectivity index (χ1n) is 6.21. The molecule has 2 nitrogen and oxygen atoms in total. The van der Waals surface area contributed by atoms with Gasteiger partial charge in [0.15, 0.2) is 0 Å². The third-order valence-electron chi connectivity index (χ3n) is 3.08. The lowest BCUT2D eigenvalue weighted by molar-refractivity contribution is 0.0951. The third kappa shape index (κ3) is 3.06. The lowest BCUT2D eigenvalue weighted by atomic mass is 10.1. The first kappa shape index (κ1) is 12.1. The van der Waals surface area contributed by atoms with Gasteiger partial charge in [0, 0.05) is 22.4 Å². The van der Waals surface area contributed by atoms with Crippen molar-refractivity contribution < 1.29 is 4.74 Å². The van der Waals surface area contributed by atoms with Crippen LogP contribution >= 0.6 is 11.3 Å². The van der Waals surface area contributed by atoms with Crippen LogP contribution in [0.3, 0.4) is 0 Å². The molecule has 2 rings (SSSR count). The summed E-state index contributed by atoms with van der Waals surface area (Å²) in [6.07, 6.45) is 4.04. The zero-order chi connectivity index (χ0) is 11.4. The lowest BCUT2D eigenvalue weighted by Gasteiger charge is -2.20. The van der Waals surface area contributed by atoms with E-state index in [0.29, 0.717) is 12.1 Å². The minimum absolute atomic E-state index is 0.464. The van der Waals surface area contributed by atoms with Gasteiger partial charge in [0.2, 0.25) is 0 Å². The maximum Gasteiger partial charge on any atom is 0.0594 e. The molecule has 0 spiro atoms. The number of thiophene rings is 1. The van der Waals surface area contributed by atoms with Crippen molar-refractivity contribution in [3.05, 3.63) is 21.9 Å². The van der Waals surface area contributed by atoms with Gasteiger partial charge in [0.25, 0.3) is 0 Å². The highest BCUT2D eigenvalue weighted by atomic mass is 32.1. The zero-order valence-corrected chi connectivity index (χ0v) is 11.0. The summed E-state index contributed by atoms with van der Waals surface area (Å²) in [6.45, 7) is 6.31. The molecule has 0 amide bonds. The van der Waals surface area contributed by atoms with Crippen LogP contribution in [0.15, 0.2) is 12.1 Å². The molecule has 1 aromatic heterocycles. The molecule has 0 radical (unpaired) electrons. The van der Waals surface area contributed by atoms with Gasteiger partial charge in [0.1, 0.15) is 0 Å². The monoisotopic (exact) mass is 239 g/mol. The minimum Gasteiger partial charge on any atom is -0.378 e. The Kier molecular flexibility index (Phi) is 4.38. The summed E-state index contributed by atoms with van der Waals surface area (Å²) in [5, 5.41) is 3.57. The summed E-state index contributed by atoms with van der Waals surface area (Å²) in [4.78, 5) is 2.85. The molecule has 2 unspecified atom stereocenters. The highest BCUT2D eigenvalue weighted by molar-refractivity contribution is 7.12. The molecule has 2 heterocycles. The normalized spacial score (nSPS) is 22.5. The summed E-state index contributed by atoms with van der Waals surface area (Å²) in [6, 6.07) is 4.94. The second-order valence-corrected chi connectivity index (χ2v) is 5.75. The Hall–Kier alpha value is -0.380. The van der Waals surface area contributed by atoms with Crippen LogP contribution in [0.5, 0.6) is 0 Å². The predicted octanol–water partition coefficient (Wildman–Crippen LogP) is 3.28. The number of aryl methyl sites for hydroxylation is 1. The molecule has 1 aromatic rings. The van der Waals surface area contributed by atoms with Crippen LogP contribution in [-0.4, -0.2) is 19.3 Å². The van der Waals surface area contributed by atoms with Gasteiger partial charge < -0.3 is 10.1 Å². The average molecular weight is 239 g/mol. The maximum atomic E-state index is 5.72. The zero-order valence-electron chi connectivity index (χ0n) is 10.2. The Morgan fingerprint density at radius 1 is 1.56 bits per heavy atom. The first-order chi connectivity index (χ1) is 7.79. The Balaban J connectivity index is 1.98. The minimum atomic E-state index is 0.464. The van der Waals surface area contributed by atoms with Crippen LogP contribution in [-0.2, 0) is 4.74 Å². The maximum absolute atomic E-state index is 5.72. The fraction of sp³-hybridized carbons (Fsp3) is 0.692. The van der Waals surface area contributed by atoms with Gasteiger partial charge >= 0.3 is 0 Å². The fourth-order valence-electron chi connectivity index (χ4n) is 2.28. The second kappa shape index (κ2) is 5.80. The summed E-state index contributed by atoms with van der Waals surface area (Å²) in [5.74, 6) is 0. The molecule has 1 fully saturated rings. The van der Waals surface area contributed by atoms with E-state index in [1.54, 1.807) is 0 Å². The van der Waals surface area contributed by atoms with Gasteiger partial charge in [-0.2, -0.15) is 0 Å². The van der Waals surface area contributed by atoms with Crippen molar-refractivity contribution in [1.82, 2.24) is 5.32 Å². The Morgan fingerprint density at radius 3 is 3.00 bits per heavy atom. The van der Waals surface area contributed by atoms with E-state index in [1.807, 2.05) is 11.3 Å². The van der Waals surface area contributed by atoms with E-state index in [0.717, 1.165) is 19.6 Å². The van der Waals surface area contributed by atoms with Crippen LogP contribution in [0.2, 0.25) is 0 Å². The van der Waals surface area contributed by atoms with Gasteiger partial charge in [0.05, 0.1) is 6.10 Å². The fourth-order valence-corrected chi connectivity index (χ4v) is 3.25. The van der Waals surface area contributed by atoms with Crippen LogP contribution in [0.25, 0.3) is 0 Å². The Labute approximate surface area is 102 Å². The van der Waals surface area contributed by atoms with Crippen LogP contribution in [0.4, 0.5) is 0 Å². The van der Waals surface area contributed by atoms with Crippen LogP contribution in [0.1, 0.15) is 42.0 Å². The molecule has 0 aliphatic carbocycles. The molecule has 16 heavy (non-hydrogen) atoms. The number of nitrogens with one attached hydrogen (secondary N) is 1. The van der Waals surface area contributed by atoms with Gasteiger partial charge in [-0.3, -0.25) is 0 Å². The largest absolute Gasteiger partial charge is 0.378 e.